The van der Waals surface area contributed by atoms with Crippen LogP contribution in [0.15, 0.2) is 85.2 Å². The largest absolute Gasteiger partial charge is 1.00 e. The zero-order chi connectivity index (χ0) is 14.5. The van der Waals surface area contributed by atoms with E-state index in [1.165, 1.54) is 5.56 Å². The van der Waals surface area contributed by atoms with Gasteiger partial charge in [-0.3, -0.25) is 4.79 Å². The Morgan fingerprint density at radius 3 is 1.82 bits per heavy atom. The number of benzene rings is 2. The highest BCUT2D eigenvalue weighted by molar-refractivity contribution is 5.94. The fraction of sp³-hybridized carbons (Fsp3) is 0.0526. The molecule has 0 radical (unpaired) electrons. The van der Waals surface area contributed by atoms with E-state index in [-0.39, 0.29) is 18.2 Å². The summed E-state index contributed by atoms with van der Waals surface area (Å²) in [6.45, 7) is 0.360. The summed E-state index contributed by atoms with van der Waals surface area (Å²) in [6, 6.07) is 23.7. The van der Waals surface area contributed by atoms with Gasteiger partial charge in [-0.1, -0.05) is 60.7 Å². The van der Waals surface area contributed by atoms with E-state index in [9.17, 15) is 4.79 Å². The summed E-state index contributed by atoms with van der Waals surface area (Å²) in [7, 11) is 0. The van der Waals surface area contributed by atoms with Crippen LogP contribution >= 0.6 is 0 Å². The van der Waals surface area contributed by atoms with Crippen molar-refractivity contribution in [3.63, 3.8) is 0 Å². The number of rotatable bonds is 4. The second-order valence-corrected chi connectivity index (χ2v) is 4.91. The van der Waals surface area contributed by atoms with Crippen LogP contribution in [-0.4, -0.2) is 5.78 Å². The van der Waals surface area contributed by atoms with Gasteiger partial charge in [-0.25, -0.2) is 0 Å². The van der Waals surface area contributed by atoms with E-state index in [0.717, 1.165) is 11.1 Å². The normalized spacial score (nSPS) is 9.82. The zero-order valence-corrected chi connectivity index (χ0v) is 12.8. The van der Waals surface area contributed by atoms with E-state index in [1.807, 2.05) is 77.6 Å². The maximum absolute atomic E-state index is 12.1. The first-order chi connectivity index (χ1) is 10.3. The van der Waals surface area contributed by atoms with E-state index >= 15 is 0 Å². The molecule has 1 aromatic heterocycles. The number of hydrogen-bond donors (Lipinski definition) is 0. The molecular formula is C19H16ClNO. The molecule has 3 aromatic rings. The lowest BCUT2D eigenvalue weighted by Gasteiger charge is -2.01. The lowest BCUT2D eigenvalue weighted by Crippen LogP contribution is -3.00. The van der Waals surface area contributed by atoms with Crippen molar-refractivity contribution in [3.8, 4) is 11.1 Å². The van der Waals surface area contributed by atoms with Crippen molar-refractivity contribution in [1.29, 1.82) is 0 Å². The fourth-order valence-electron chi connectivity index (χ4n) is 2.27. The summed E-state index contributed by atoms with van der Waals surface area (Å²) in [4.78, 5) is 12.1. The van der Waals surface area contributed by atoms with Crippen molar-refractivity contribution in [2.24, 2.45) is 0 Å². The van der Waals surface area contributed by atoms with Crippen molar-refractivity contribution in [3.05, 3.63) is 90.8 Å². The van der Waals surface area contributed by atoms with Crippen LogP contribution in [0, 0.1) is 0 Å². The van der Waals surface area contributed by atoms with Crippen molar-refractivity contribution in [2.75, 3.05) is 0 Å². The van der Waals surface area contributed by atoms with Gasteiger partial charge in [0.25, 0.3) is 0 Å². The van der Waals surface area contributed by atoms with Gasteiger partial charge in [0.15, 0.2) is 12.4 Å². The monoisotopic (exact) mass is 309 g/mol. The summed E-state index contributed by atoms with van der Waals surface area (Å²) >= 11 is 0. The van der Waals surface area contributed by atoms with Crippen LogP contribution in [0.5, 0.6) is 0 Å². The molecular weight excluding hydrogens is 294 g/mol. The van der Waals surface area contributed by atoms with Crippen LogP contribution in [0.2, 0.25) is 0 Å². The summed E-state index contributed by atoms with van der Waals surface area (Å²) in [5.74, 6) is 0.119. The molecule has 0 atom stereocenters. The Labute approximate surface area is 136 Å². The van der Waals surface area contributed by atoms with Crippen molar-refractivity contribution in [2.45, 2.75) is 6.54 Å². The Bertz CT molecular complexity index is 724. The molecule has 0 bridgehead atoms. The Morgan fingerprint density at radius 1 is 0.727 bits per heavy atom. The SMILES string of the molecule is O=C(C[n+]1ccc(-c2ccccc2)cc1)c1ccccc1.[Cl-]. The molecule has 0 unspecified atom stereocenters. The molecule has 3 heteroatoms. The van der Waals surface area contributed by atoms with E-state index in [1.54, 1.807) is 0 Å². The summed E-state index contributed by atoms with van der Waals surface area (Å²) in [5.41, 5.74) is 3.08. The third-order valence-corrected chi connectivity index (χ3v) is 3.42. The molecule has 0 amide bonds. The summed E-state index contributed by atoms with van der Waals surface area (Å²) in [5, 5.41) is 0. The van der Waals surface area contributed by atoms with Gasteiger partial charge in [0, 0.05) is 17.7 Å². The molecule has 0 N–H and O–H groups in total. The molecule has 22 heavy (non-hydrogen) atoms. The van der Waals surface area contributed by atoms with Crippen LogP contribution in [-0.2, 0) is 6.54 Å². The van der Waals surface area contributed by atoms with Gasteiger partial charge in [0.1, 0.15) is 0 Å². The van der Waals surface area contributed by atoms with Crippen molar-refractivity contribution in [1.82, 2.24) is 0 Å². The number of aromatic nitrogens is 1. The molecule has 110 valence electrons. The Kier molecular flexibility index (Phi) is 5.45. The van der Waals surface area contributed by atoms with Gasteiger partial charge in [-0.15, -0.1) is 0 Å². The lowest BCUT2D eigenvalue weighted by molar-refractivity contribution is -0.683. The molecule has 3 rings (SSSR count). The minimum atomic E-state index is 0. The van der Waals surface area contributed by atoms with E-state index < -0.39 is 0 Å². The van der Waals surface area contributed by atoms with Crippen LogP contribution < -0.4 is 17.0 Å². The van der Waals surface area contributed by atoms with Gasteiger partial charge in [-0.2, -0.15) is 4.57 Å². The van der Waals surface area contributed by atoms with Crippen LogP contribution in [0.25, 0.3) is 11.1 Å². The van der Waals surface area contributed by atoms with Gasteiger partial charge >= 0.3 is 0 Å². The average molecular weight is 310 g/mol. The average Bonchev–Trinajstić information content (AvgIpc) is 2.57. The Balaban J connectivity index is 0.00000176. The molecule has 1 heterocycles. The standard InChI is InChI=1S/C19H16NO.ClH/c21-19(18-9-5-2-6-10-18)15-20-13-11-17(12-14-20)16-7-3-1-4-8-16;/h1-14H,15H2;1H/q+1;/p-1. The molecule has 0 spiro atoms. The number of hydrogen-bond acceptors (Lipinski definition) is 1. The van der Waals surface area contributed by atoms with E-state index in [4.69, 9.17) is 0 Å². The van der Waals surface area contributed by atoms with Gasteiger partial charge in [-0.05, 0) is 11.1 Å². The number of halogens is 1. The number of carbonyl (C=O) groups is 1. The van der Waals surface area contributed by atoms with Gasteiger partial charge in [0.2, 0.25) is 12.3 Å². The second kappa shape index (κ2) is 7.53. The molecule has 0 aliphatic heterocycles. The van der Waals surface area contributed by atoms with Crippen molar-refractivity contribution >= 4 is 5.78 Å². The minimum absolute atomic E-state index is 0. The Morgan fingerprint density at radius 2 is 1.23 bits per heavy atom. The highest BCUT2D eigenvalue weighted by Crippen LogP contribution is 2.16. The third kappa shape index (κ3) is 3.80. The first-order valence-corrected chi connectivity index (χ1v) is 6.96. The van der Waals surface area contributed by atoms with E-state index in [0.29, 0.717) is 6.54 Å². The minimum Gasteiger partial charge on any atom is -1.00 e. The number of pyridine rings is 1. The smallest absolute Gasteiger partial charge is 0.227 e. The molecule has 2 nitrogen and oxygen atoms in total. The molecule has 0 fully saturated rings. The third-order valence-electron chi connectivity index (χ3n) is 3.42. The highest BCUT2D eigenvalue weighted by Gasteiger charge is 2.11. The second-order valence-electron chi connectivity index (χ2n) is 4.91. The van der Waals surface area contributed by atoms with Crippen molar-refractivity contribution < 1.29 is 21.8 Å². The molecule has 0 saturated heterocycles. The number of nitrogens with zero attached hydrogens (tertiary/aromatic N) is 1. The first-order valence-electron chi connectivity index (χ1n) is 6.96. The highest BCUT2D eigenvalue weighted by atomic mass is 35.5. The van der Waals surface area contributed by atoms with Gasteiger partial charge < -0.3 is 12.4 Å². The zero-order valence-electron chi connectivity index (χ0n) is 12.0. The summed E-state index contributed by atoms with van der Waals surface area (Å²) in [6.07, 6.45) is 3.90. The fourth-order valence-corrected chi connectivity index (χ4v) is 2.27. The molecule has 2 aromatic carbocycles. The molecule has 0 aliphatic rings. The summed E-state index contributed by atoms with van der Waals surface area (Å²) < 4.78 is 1.90. The van der Waals surface area contributed by atoms with Gasteiger partial charge in [0.05, 0.1) is 0 Å². The molecule has 0 aliphatic carbocycles. The van der Waals surface area contributed by atoms with Crippen LogP contribution in [0.4, 0.5) is 0 Å². The van der Waals surface area contributed by atoms with Crippen LogP contribution in [0.3, 0.4) is 0 Å². The predicted octanol–water partition coefficient (Wildman–Crippen LogP) is 0.528. The van der Waals surface area contributed by atoms with E-state index in [2.05, 4.69) is 12.1 Å². The number of carbonyl (C=O) groups excluding carboxylic acids is 1. The Hall–Kier alpha value is -2.45. The maximum atomic E-state index is 12.1. The first kappa shape index (κ1) is 15.9. The topological polar surface area (TPSA) is 20.9 Å². The predicted molar refractivity (Wildman–Crippen MR) is 82.8 cm³/mol. The number of ketones is 1. The molecule has 0 saturated carbocycles. The maximum Gasteiger partial charge on any atom is 0.227 e. The number of Topliss-reactive ketones (excluding diaryl/α,β-unsaturated/α-hetero) is 1. The lowest BCUT2D eigenvalue weighted by atomic mass is 10.1. The van der Waals surface area contributed by atoms with Crippen LogP contribution in [0.1, 0.15) is 10.4 Å². The quantitative estimate of drug-likeness (QED) is 0.509.